The smallest absolute Gasteiger partial charge is 0.475 e. The number of carboxylic acids is 1. The average Bonchev–Trinajstić information content (AvgIpc) is 3.34. The Morgan fingerprint density at radius 1 is 1.17 bits per heavy atom. The second kappa shape index (κ2) is 8.31. The van der Waals surface area contributed by atoms with E-state index in [1.165, 1.54) is 18.0 Å². The van der Waals surface area contributed by atoms with E-state index in [1.54, 1.807) is 0 Å². The Labute approximate surface area is 163 Å². The molecule has 0 aromatic carbocycles. The Morgan fingerprint density at radius 2 is 1.79 bits per heavy atom. The first-order valence-electron chi connectivity index (χ1n) is 8.91. The molecule has 29 heavy (non-hydrogen) atoms. The molecule has 8 nitrogen and oxygen atoms in total. The van der Waals surface area contributed by atoms with Crippen LogP contribution in [0.1, 0.15) is 18.4 Å². The Balaban J connectivity index is 0.000000298. The van der Waals surface area contributed by atoms with Gasteiger partial charge in [0, 0.05) is 50.5 Å². The Bertz CT molecular complexity index is 841. The van der Waals surface area contributed by atoms with Gasteiger partial charge in [-0.15, -0.1) is 0 Å². The van der Waals surface area contributed by atoms with E-state index in [4.69, 9.17) is 9.90 Å². The summed E-state index contributed by atoms with van der Waals surface area (Å²) in [7, 11) is 1.94. The summed E-state index contributed by atoms with van der Waals surface area (Å²) in [6.45, 7) is 2.94. The van der Waals surface area contributed by atoms with Gasteiger partial charge in [-0.25, -0.2) is 19.2 Å². The summed E-state index contributed by atoms with van der Waals surface area (Å²) in [6, 6.07) is 0.955. The van der Waals surface area contributed by atoms with Gasteiger partial charge in [0.1, 0.15) is 0 Å². The summed E-state index contributed by atoms with van der Waals surface area (Å²) >= 11 is 0. The van der Waals surface area contributed by atoms with Gasteiger partial charge in [-0.2, -0.15) is 18.3 Å². The van der Waals surface area contributed by atoms with Crippen LogP contribution in [0.5, 0.6) is 0 Å². The van der Waals surface area contributed by atoms with Crippen LogP contribution < -0.4 is 4.90 Å². The van der Waals surface area contributed by atoms with Crippen LogP contribution in [-0.2, 0) is 18.4 Å². The number of fused-ring (bicyclic) bond motifs is 1. The zero-order chi connectivity index (χ0) is 21.2. The van der Waals surface area contributed by atoms with Crippen molar-refractivity contribution in [2.45, 2.75) is 37.6 Å². The average molecular weight is 416 g/mol. The first kappa shape index (κ1) is 21.0. The summed E-state index contributed by atoms with van der Waals surface area (Å²) < 4.78 is 46.6. The van der Waals surface area contributed by atoms with Crippen molar-refractivity contribution in [2.75, 3.05) is 18.0 Å². The van der Waals surface area contributed by atoms with Gasteiger partial charge < -0.3 is 10.0 Å². The fraction of sp³-hybridized carbons (Fsp3) is 0.529. The molecule has 0 radical (unpaired) electrons. The number of aromatic nitrogens is 4. The van der Waals surface area contributed by atoms with Gasteiger partial charge in [-0.1, -0.05) is 0 Å². The highest BCUT2D eigenvalue weighted by atomic mass is 19.4. The van der Waals surface area contributed by atoms with E-state index in [0.29, 0.717) is 18.0 Å². The van der Waals surface area contributed by atoms with E-state index in [1.807, 2.05) is 17.9 Å². The van der Waals surface area contributed by atoms with Crippen LogP contribution >= 0.6 is 0 Å². The number of carboxylic acid groups (broad SMARTS) is 1. The maximum absolute atomic E-state index is 13.0. The largest absolute Gasteiger partial charge is 0.490 e. The summed E-state index contributed by atoms with van der Waals surface area (Å²) in [5.41, 5.74) is 1.25. The van der Waals surface area contributed by atoms with E-state index in [9.17, 15) is 17.6 Å². The van der Waals surface area contributed by atoms with Crippen LogP contribution in [0.3, 0.4) is 0 Å². The minimum Gasteiger partial charge on any atom is -0.475 e. The van der Waals surface area contributed by atoms with Gasteiger partial charge in [-0.3, -0.25) is 9.58 Å². The first-order valence-corrected chi connectivity index (χ1v) is 8.91. The number of aryl methyl sites for hydroxylation is 1. The maximum Gasteiger partial charge on any atom is 0.490 e. The highest BCUT2D eigenvalue weighted by molar-refractivity contribution is 5.73. The van der Waals surface area contributed by atoms with Crippen molar-refractivity contribution in [1.82, 2.24) is 24.6 Å². The van der Waals surface area contributed by atoms with Crippen LogP contribution in [0.15, 0.2) is 24.8 Å². The lowest BCUT2D eigenvalue weighted by molar-refractivity contribution is -0.192. The molecule has 2 aromatic rings. The Morgan fingerprint density at radius 3 is 2.34 bits per heavy atom. The van der Waals surface area contributed by atoms with Crippen molar-refractivity contribution < 1.29 is 27.5 Å². The van der Waals surface area contributed by atoms with Crippen LogP contribution in [0, 0.1) is 5.82 Å². The van der Waals surface area contributed by atoms with Gasteiger partial charge in [-0.05, 0) is 12.8 Å². The molecule has 2 saturated heterocycles. The summed E-state index contributed by atoms with van der Waals surface area (Å²) in [5, 5.41) is 11.4. The molecule has 2 atom stereocenters. The third-order valence-corrected chi connectivity index (χ3v) is 4.94. The van der Waals surface area contributed by atoms with Crippen molar-refractivity contribution in [1.29, 1.82) is 0 Å². The zero-order valence-corrected chi connectivity index (χ0v) is 15.6. The quantitative estimate of drug-likeness (QED) is 0.764. The number of alkyl halides is 3. The third kappa shape index (κ3) is 5.00. The molecule has 0 bridgehead atoms. The Kier molecular flexibility index (Phi) is 6.01. The topological polar surface area (TPSA) is 87.4 Å². The molecule has 4 heterocycles. The second-order valence-electron chi connectivity index (χ2n) is 6.90. The number of carbonyl (C=O) groups is 1. The van der Waals surface area contributed by atoms with Gasteiger partial charge in [0.05, 0.1) is 18.6 Å². The minimum atomic E-state index is -5.08. The first-order chi connectivity index (χ1) is 13.6. The molecule has 0 saturated carbocycles. The van der Waals surface area contributed by atoms with Crippen molar-refractivity contribution in [3.8, 4) is 0 Å². The molecule has 2 aliphatic heterocycles. The lowest BCUT2D eigenvalue weighted by Crippen LogP contribution is -2.37. The number of likely N-dealkylation sites (tertiary alicyclic amines) is 1. The highest BCUT2D eigenvalue weighted by Gasteiger charge is 2.43. The molecule has 12 heteroatoms. The molecular weight excluding hydrogens is 396 g/mol. The van der Waals surface area contributed by atoms with E-state index in [0.717, 1.165) is 32.5 Å². The fourth-order valence-corrected chi connectivity index (χ4v) is 3.76. The number of aliphatic carboxylic acids is 1. The van der Waals surface area contributed by atoms with Crippen molar-refractivity contribution in [3.63, 3.8) is 0 Å². The second-order valence-corrected chi connectivity index (χ2v) is 6.90. The molecule has 0 unspecified atom stereocenters. The predicted octanol–water partition coefficient (Wildman–Crippen LogP) is 1.84. The van der Waals surface area contributed by atoms with E-state index in [-0.39, 0.29) is 5.82 Å². The summed E-state index contributed by atoms with van der Waals surface area (Å²) in [4.78, 5) is 21.9. The molecular formula is C17H20F4N6O2. The standard InChI is InChI=1S/C15H19FN6.C2HF3O2/c1-20-9-11(6-19-20)10-21-4-2-14-13(21)3-5-22(14)15-17-7-12(16)8-18-15;3-2(4,5)1(6)7/h6-9,13-14H,2-5,10H2,1H3;(H,6,7)/t13-,14+;/m0./s1. The molecule has 4 rings (SSSR count). The summed E-state index contributed by atoms with van der Waals surface area (Å²) in [6.07, 6.45) is 3.62. The Hall–Kier alpha value is -2.76. The molecule has 0 spiro atoms. The fourth-order valence-electron chi connectivity index (χ4n) is 3.76. The van der Waals surface area contributed by atoms with Crippen molar-refractivity contribution in [2.24, 2.45) is 7.05 Å². The van der Waals surface area contributed by atoms with Crippen LogP contribution in [-0.4, -0.2) is 67.1 Å². The van der Waals surface area contributed by atoms with Gasteiger partial charge in [0.25, 0.3) is 0 Å². The van der Waals surface area contributed by atoms with Gasteiger partial charge in [0.15, 0.2) is 5.82 Å². The summed E-state index contributed by atoms with van der Waals surface area (Å²) in [5.74, 6) is -2.49. The number of hydrogen-bond donors (Lipinski definition) is 1. The zero-order valence-electron chi connectivity index (χ0n) is 15.6. The number of anilines is 1. The predicted molar refractivity (Wildman–Crippen MR) is 93.5 cm³/mol. The molecule has 2 fully saturated rings. The van der Waals surface area contributed by atoms with Crippen LogP contribution in [0.25, 0.3) is 0 Å². The van der Waals surface area contributed by atoms with Crippen molar-refractivity contribution in [3.05, 3.63) is 36.2 Å². The monoisotopic (exact) mass is 416 g/mol. The molecule has 0 aliphatic carbocycles. The highest BCUT2D eigenvalue weighted by Crippen LogP contribution is 2.34. The third-order valence-electron chi connectivity index (χ3n) is 4.94. The normalized spacial score (nSPS) is 21.6. The number of hydrogen-bond acceptors (Lipinski definition) is 6. The minimum absolute atomic E-state index is 0.385. The molecule has 158 valence electrons. The van der Waals surface area contributed by atoms with Crippen LogP contribution in [0.4, 0.5) is 23.5 Å². The van der Waals surface area contributed by atoms with Gasteiger partial charge >= 0.3 is 12.1 Å². The lowest BCUT2D eigenvalue weighted by Gasteiger charge is -2.25. The van der Waals surface area contributed by atoms with E-state index < -0.39 is 12.1 Å². The van der Waals surface area contributed by atoms with Gasteiger partial charge in [0.2, 0.25) is 5.95 Å². The van der Waals surface area contributed by atoms with E-state index in [2.05, 4.69) is 31.1 Å². The SMILES string of the molecule is Cn1cc(CN2CC[C@@H]3[C@@H]2CCN3c2ncc(F)cn2)cn1.O=C(O)C(F)(F)F. The molecule has 0 amide bonds. The van der Waals surface area contributed by atoms with Crippen molar-refractivity contribution >= 4 is 11.9 Å². The van der Waals surface area contributed by atoms with Crippen LogP contribution in [0.2, 0.25) is 0 Å². The van der Waals surface area contributed by atoms with E-state index >= 15 is 0 Å². The lowest BCUT2D eigenvalue weighted by atomic mass is 10.1. The number of nitrogens with zero attached hydrogens (tertiary/aromatic N) is 6. The number of rotatable bonds is 3. The molecule has 2 aromatic heterocycles. The maximum atomic E-state index is 13.0. The molecule has 2 aliphatic rings. The molecule has 1 N–H and O–H groups in total. The number of halogens is 4.